The van der Waals surface area contributed by atoms with E-state index >= 15 is 0 Å². The van der Waals surface area contributed by atoms with E-state index < -0.39 is 11.9 Å². The molecule has 2 heterocycles. The summed E-state index contributed by atoms with van der Waals surface area (Å²) in [5, 5.41) is 17.2. The lowest BCUT2D eigenvalue weighted by Crippen LogP contribution is -2.40. The highest BCUT2D eigenvalue weighted by Gasteiger charge is 2.33. The van der Waals surface area contributed by atoms with Crippen molar-refractivity contribution in [2.45, 2.75) is 50.9 Å². The molecule has 32 heavy (non-hydrogen) atoms. The number of aryl methyl sites for hydroxylation is 1. The van der Waals surface area contributed by atoms with Crippen LogP contribution in [0.15, 0.2) is 42.7 Å². The maximum atomic E-state index is 13.0. The van der Waals surface area contributed by atoms with Crippen LogP contribution in [-0.2, 0) is 6.18 Å². The van der Waals surface area contributed by atoms with E-state index in [0.717, 1.165) is 37.4 Å². The number of benzene rings is 1. The van der Waals surface area contributed by atoms with Gasteiger partial charge in [0.1, 0.15) is 12.0 Å². The van der Waals surface area contributed by atoms with Crippen LogP contribution in [0.25, 0.3) is 5.69 Å². The van der Waals surface area contributed by atoms with E-state index in [4.69, 9.17) is 0 Å². The number of hydrogen-bond acceptors (Lipinski definition) is 6. The average molecular weight is 445 g/mol. The monoisotopic (exact) mass is 445 g/mol. The second-order valence-corrected chi connectivity index (χ2v) is 7.85. The van der Waals surface area contributed by atoms with Crippen LogP contribution in [-0.4, -0.2) is 43.2 Å². The fourth-order valence-corrected chi connectivity index (χ4v) is 3.83. The van der Waals surface area contributed by atoms with Crippen molar-refractivity contribution in [3.05, 3.63) is 59.7 Å². The summed E-state index contributed by atoms with van der Waals surface area (Å²) in [4.78, 5) is 16.1. The minimum Gasteiger partial charge on any atom is -0.382 e. The van der Waals surface area contributed by atoms with Gasteiger partial charge in [-0.2, -0.15) is 13.2 Å². The zero-order valence-electron chi connectivity index (χ0n) is 17.3. The number of aromatic nitrogens is 5. The molecule has 2 aromatic heterocycles. The van der Waals surface area contributed by atoms with Gasteiger partial charge < -0.3 is 10.6 Å². The second kappa shape index (κ2) is 8.93. The minimum atomic E-state index is -4.48. The number of alkyl halides is 3. The Bertz CT molecular complexity index is 1060. The fourth-order valence-electron chi connectivity index (χ4n) is 3.83. The van der Waals surface area contributed by atoms with Gasteiger partial charge in [0, 0.05) is 29.0 Å². The molecular weight excluding hydrogens is 423 g/mol. The molecule has 0 unspecified atom stereocenters. The summed E-state index contributed by atoms with van der Waals surface area (Å²) in [6, 6.07) is 9.66. The number of tetrazole rings is 1. The maximum Gasteiger partial charge on any atom is 0.433 e. The Labute approximate surface area is 182 Å². The predicted octanol–water partition coefficient (Wildman–Crippen LogP) is 3.54. The third-order valence-electron chi connectivity index (χ3n) is 5.42. The highest BCUT2D eigenvalue weighted by Crippen LogP contribution is 2.31. The number of carbonyl (C=O) groups excluding carboxylic acids is 1. The van der Waals surface area contributed by atoms with Crippen molar-refractivity contribution in [2.75, 3.05) is 5.32 Å². The van der Waals surface area contributed by atoms with Crippen LogP contribution in [0.2, 0.25) is 0 Å². The van der Waals surface area contributed by atoms with E-state index in [9.17, 15) is 18.0 Å². The van der Waals surface area contributed by atoms with E-state index in [1.165, 1.54) is 11.0 Å². The fraction of sp³-hybridized carbons (Fsp3) is 0.381. The van der Waals surface area contributed by atoms with Crippen LogP contribution in [0.5, 0.6) is 0 Å². The van der Waals surface area contributed by atoms with Crippen molar-refractivity contribution >= 4 is 11.6 Å². The Balaban J connectivity index is 1.29. The molecule has 2 N–H and O–H groups in total. The Kier molecular flexibility index (Phi) is 6.06. The topological polar surface area (TPSA) is 97.6 Å². The van der Waals surface area contributed by atoms with Crippen LogP contribution in [0.4, 0.5) is 18.9 Å². The first-order valence-electron chi connectivity index (χ1n) is 10.2. The molecule has 4 rings (SSSR count). The first-order valence-corrected chi connectivity index (χ1v) is 10.2. The summed E-state index contributed by atoms with van der Waals surface area (Å²) < 4.78 is 40.5. The van der Waals surface area contributed by atoms with Gasteiger partial charge in [0.05, 0.1) is 5.69 Å². The smallest absolute Gasteiger partial charge is 0.382 e. The van der Waals surface area contributed by atoms with E-state index in [-0.39, 0.29) is 18.0 Å². The van der Waals surface area contributed by atoms with Gasteiger partial charge in [-0.3, -0.25) is 4.79 Å². The van der Waals surface area contributed by atoms with Gasteiger partial charge in [0.15, 0.2) is 0 Å². The zero-order chi connectivity index (χ0) is 22.7. The van der Waals surface area contributed by atoms with Crippen molar-refractivity contribution in [3.63, 3.8) is 0 Å². The van der Waals surface area contributed by atoms with Gasteiger partial charge in [-0.1, -0.05) is 0 Å². The molecule has 0 saturated heterocycles. The zero-order valence-corrected chi connectivity index (χ0v) is 17.3. The van der Waals surface area contributed by atoms with Crippen molar-refractivity contribution < 1.29 is 18.0 Å². The number of nitrogens with zero attached hydrogens (tertiary/aromatic N) is 5. The molecule has 168 valence electrons. The molecule has 1 saturated carbocycles. The van der Waals surface area contributed by atoms with Gasteiger partial charge in [-0.05, 0) is 79.4 Å². The lowest BCUT2D eigenvalue weighted by atomic mass is 9.90. The van der Waals surface area contributed by atoms with Gasteiger partial charge >= 0.3 is 6.18 Å². The summed E-state index contributed by atoms with van der Waals surface area (Å²) in [5.74, 6) is -0.163. The summed E-state index contributed by atoms with van der Waals surface area (Å²) in [5.41, 5.74) is 1.12. The van der Waals surface area contributed by atoms with Crippen LogP contribution in [0.3, 0.4) is 0 Å². The van der Waals surface area contributed by atoms with Crippen molar-refractivity contribution in [3.8, 4) is 5.69 Å². The molecule has 3 aromatic rings. The Morgan fingerprint density at radius 3 is 2.38 bits per heavy atom. The number of halogens is 3. The predicted molar refractivity (Wildman–Crippen MR) is 110 cm³/mol. The van der Waals surface area contributed by atoms with E-state index in [1.807, 2.05) is 0 Å². The third-order valence-corrected chi connectivity index (χ3v) is 5.42. The molecule has 11 heteroatoms. The average Bonchev–Trinajstić information content (AvgIpc) is 3.29. The normalized spacial score (nSPS) is 18.9. The van der Waals surface area contributed by atoms with E-state index in [0.29, 0.717) is 16.9 Å². The first-order chi connectivity index (χ1) is 15.3. The van der Waals surface area contributed by atoms with Crippen LogP contribution in [0.1, 0.15) is 47.4 Å². The highest BCUT2D eigenvalue weighted by molar-refractivity contribution is 5.94. The molecule has 1 aliphatic rings. The van der Waals surface area contributed by atoms with Gasteiger partial charge in [0.2, 0.25) is 0 Å². The number of anilines is 1. The van der Waals surface area contributed by atoms with Crippen LogP contribution in [0, 0.1) is 6.92 Å². The molecule has 1 amide bonds. The van der Waals surface area contributed by atoms with Gasteiger partial charge in [-0.25, -0.2) is 9.67 Å². The second-order valence-electron chi connectivity index (χ2n) is 7.85. The lowest BCUT2D eigenvalue weighted by molar-refractivity contribution is -0.141. The third kappa shape index (κ3) is 5.21. The Morgan fingerprint density at radius 1 is 1.06 bits per heavy atom. The largest absolute Gasteiger partial charge is 0.433 e. The molecule has 0 atom stereocenters. The molecule has 1 fully saturated rings. The van der Waals surface area contributed by atoms with Crippen LogP contribution >= 0.6 is 0 Å². The molecule has 1 aliphatic carbocycles. The molecule has 1 aromatic carbocycles. The Morgan fingerprint density at radius 2 is 1.75 bits per heavy atom. The van der Waals surface area contributed by atoms with Gasteiger partial charge in [0.25, 0.3) is 5.91 Å². The summed E-state index contributed by atoms with van der Waals surface area (Å²) in [6.45, 7) is 1.54. The SMILES string of the molecule is Cc1cc(N[C@H]2CC[C@@H](NC(=O)c3ccc(-n4cnnn4)cc3)CC2)cc(C(F)(F)F)n1. The summed E-state index contributed by atoms with van der Waals surface area (Å²) in [6.07, 6.45) is -0.0457. The number of pyridine rings is 1. The molecular formula is C21H22F3N7O. The van der Waals surface area contributed by atoms with Crippen LogP contribution < -0.4 is 10.6 Å². The quantitative estimate of drug-likeness (QED) is 0.624. The Hall–Kier alpha value is -3.50. The molecule has 0 radical (unpaired) electrons. The summed E-state index contributed by atoms with van der Waals surface area (Å²) in [7, 11) is 0. The first kappa shape index (κ1) is 21.7. The van der Waals surface area contributed by atoms with E-state index in [1.54, 1.807) is 37.3 Å². The van der Waals surface area contributed by atoms with Crippen molar-refractivity contribution in [1.82, 2.24) is 30.5 Å². The molecule has 8 nitrogen and oxygen atoms in total. The van der Waals surface area contributed by atoms with Crippen molar-refractivity contribution in [1.29, 1.82) is 0 Å². The van der Waals surface area contributed by atoms with Crippen molar-refractivity contribution in [2.24, 2.45) is 0 Å². The molecule has 0 aliphatic heterocycles. The van der Waals surface area contributed by atoms with E-state index in [2.05, 4.69) is 31.1 Å². The summed E-state index contributed by atoms with van der Waals surface area (Å²) >= 11 is 0. The number of nitrogens with one attached hydrogen (secondary N) is 2. The molecule has 0 bridgehead atoms. The minimum absolute atomic E-state index is 0.0182. The number of amides is 1. The standard InChI is InChI=1S/C21H22F3N7O/c1-13-10-17(11-19(26-13)21(22,23)24)27-15-4-6-16(7-5-15)28-20(32)14-2-8-18(9-3-14)31-12-25-29-30-31/h2-3,8-12,15-16H,4-7H2,1H3,(H,26,27)(H,28,32)/t15-,16+. The number of rotatable bonds is 5. The number of carbonyl (C=O) groups is 1. The van der Waals surface area contributed by atoms with Gasteiger partial charge in [-0.15, -0.1) is 5.10 Å². The maximum absolute atomic E-state index is 13.0. The highest BCUT2D eigenvalue weighted by atomic mass is 19.4. The number of hydrogen-bond donors (Lipinski definition) is 2. The molecule has 0 spiro atoms. The lowest BCUT2D eigenvalue weighted by Gasteiger charge is -2.30.